The third-order valence-corrected chi connectivity index (χ3v) is 4.27. The lowest BCUT2D eigenvalue weighted by Gasteiger charge is -2.25. The molecule has 0 saturated carbocycles. The minimum Gasteiger partial charge on any atom is -0.491 e. The van der Waals surface area contributed by atoms with Crippen LogP contribution in [-0.4, -0.2) is 63.9 Å². The van der Waals surface area contributed by atoms with Crippen LogP contribution in [0.2, 0.25) is 0 Å². The minimum absolute atomic E-state index is 0.544. The van der Waals surface area contributed by atoms with E-state index in [0.717, 1.165) is 36.9 Å². The number of guanidine groups is 1. The largest absolute Gasteiger partial charge is 0.491 e. The molecule has 1 rings (SSSR count). The van der Waals surface area contributed by atoms with Gasteiger partial charge in [-0.25, -0.2) is 0 Å². The Morgan fingerprint density at radius 2 is 2.00 bits per heavy atom. The molecule has 0 amide bonds. The molecule has 0 spiro atoms. The molecule has 0 aliphatic rings. The monoisotopic (exact) mass is 364 g/mol. The fraction of sp³-hybridized carbons (Fsp3) is 0.650. The van der Waals surface area contributed by atoms with Gasteiger partial charge in [-0.15, -0.1) is 0 Å². The number of hydrogen-bond acceptors (Lipinski definition) is 4. The maximum absolute atomic E-state index is 5.85. The number of ether oxygens (including phenoxy) is 2. The van der Waals surface area contributed by atoms with E-state index < -0.39 is 0 Å². The Kier molecular flexibility index (Phi) is 10.7. The van der Waals surface area contributed by atoms with Crippen LogP contribution in [0.3, 0.4) is 0 Å². The molecule has 0 aliphatic carbocycles. The second-order valence-electron chi connectivity index (χ2n) is 6.53. The molecular weight excluding hydrogens is 328 g/mol. The van der Waals surface area contributed by atoms with E-state index in [1.54, 1.807) is 14.2 Å². The second-order valence-corrected chi connectivity index (χ2v) is 6.53. The Bertz CT molecular complexity index is 547. The summed E-state index contributed by atoms with van der Waals surface area (Å²) in [4.78, 5) is 6.73. The smallest absolute Gasteiger partial charge is 0.191 e. The van der Waals surface area contributed by atoms with E-state index in [-0.39, 0.29) is 0 Å². The molecule has 148 valence electrons. The van der Waals surface area contributed by atoms with Gasteiger partial charge >= 0.3 is 0 Å². The molecule has 0 atom stereocenters. The van der Waals surface area contributed by atoms with E-state index in [2.05, 4.69) is 66.4 Å². The zero-order valence-corrected chi connectivity index (χ0v) is 17.3. The predicted octanol–water partition coefficient (Wildman–Crippen LogP) is 2.42. The molecule has 6 heteroatoms. The van der Waals surface area contributed by atoms with Crippen molar-refractivity contribution in [1.82, 2.24) is 15.5 Å². The number of nitrogens with one attached hydrogen (secondary N) is 2. The Labute approximate surface area is 159 Å². The molecule has 0 bridgehead atoms. The quantitative estimate of drug-likeness (QED) is 0.359. The highest BCUT2D eigenvalue weighted by Crippen LogP contribution is 2.20. The van der Waals surface area contributed by atoms with Crippen LogP contribution in [-0.2, 0) is 11.3 Å². The van der Waals surface area contributed by atoms with Crippen molar-refractivity contribution >= 4 is 5.96 Å². The molecule has 0 radical (unpaired) electrons. The van der Waals surface area contributed by atoms with Crippen molar-refractivity contribution in [2.24, 2.45) is 4.99 Å². The first kappa shape index (κ1) is 22.3. The number of hydrogen-bond donors (Lipinski definition) is 2. The summed E-state index contributed by atoms with van der Waals surface area (Å²) in [7, 11) is 3.47. The van der Waals surface area contributed by atoms with Crippen molar-refractivity contribution < 1.29 is 9.47 Å². The Morgan fingerprint density at radius 1 is 1.23 bits per heavy atom. The molecule has 0 unspecified atom stereocenters. The molecule has 2 N–H and O–H groups in total. The molecule has 26 heavy (non-hydrogen) atoms. The Morgan fingerprint density at radius 3 is 2.62 bits per heavy atom. The first-order chi connectivity index (χ1) is 12.5. The SMILES string of the molecule is CCN(CCNC(=NC)NCc1ccc(C)cc1OCCOC)C(C)C. The van der Waals surface area contributed by atoms with Gasteiger partial charge in [0.25, 0.3) is 0 Å². The van der Waals surface area contributed by atoms with Gasteiger partial charge in [0.15, 0.2) is 5.96 Å². The number of nitrogens with zero attached hydrogens (tertiary/aromatic N) is 2. The average molecular weight is 365 g/mol. The molecular formula is C20H36N4O2. The fourth-order valence-electron chi connectivity index (χ4n) is 2.68. The van der Waals surface area contributed by atoms with Gasteiger partial charge in [-0.05, 0) is 38.9 Å². The first-order valence-electron chi connectivity index (χ1n) is 9.41. The number of methoxy groups -OCH3 is 1. The summed E-state index contributed by atoms with van der Waals surface area (Å²) >= 11 is 0. The molecule has 0 saturated heterocycles. The standard InChI is InChI=1S/C20H36N4O2/c1-7-24(16(2)3)11-10-22-20(21-5)23-15-18-9-8-17(4)14-19(18)26-13-12-25-6/h8-9,14,16H,7,10-13,15H2,1-6H3,(H2,21,22,23). The van der Waals surface area contributed by atoms with Gasteiger partial charge in [0.2, 0.25) is 0 Å². The summed E-state index contributed by atoms with van der Waals surface area (Å²) < 4.78 is 10.9. The summed E-state index contributed by atoms with van der Waals surface area (Å²) in [6.07, 6.45) is 0. The number of benzene rings is 1. The number of likely N-dealkylation sites (N-methyl/N-ethyl adjacent to an activating group) is 1. The van der Waals surface area contributed by atoms with Crippen LogP contribution in [0, 0.1) is 6.92 Å². The Hall–Kier alpha value is -1.79. The molecule has 0 heterocycles. The zero-order chi connectivity index (χ0) is 19.4. The number of rotatable bonds is 11. The van der Waals surface area contributed by atoms with E-state index in [1.807, 2.05) is 0 Å². The molecule has 0 aromatic heterocycles. The topological polar surface area (TPSA) is 58.1 Å². The van der Waals surface area contributed by atoms with Crippen LogP contribution in [0.25, 0.3) is 0 Å². The van der Waals surface area contributed by atoms with Gasteiger partial charge in [-0.3, -0.25) is 9.89 Å². The first-order valence-corrected chi connectivity index (χ1v) is 9.41. The summed E-state index contributed by atoms with van der Waals surface area (Å²) in [6, 6.07) is 6.80. The van der Waals surface area contributed by atoms with Crippen LogP contribution in [0.5, 0.6) is 5.75 Å². The highest BCUT2D eigenvalue weighted by atomic mass is 16.5. The Balaban J connectivity index is 2.55. The molecule has 0 aliphatic heterocycles. The molecule has 0 fully saturated rings. The maximum Gasteiger partial charge on any atom is 0.191 e. The normalized spacial score (nSPS) is 11.9. The van der Waals surface area contributed by atoms with Crippen LogP contribution < -0.4 is 15.4 Å². The molecule has 1 aromatic carbocycles. The maximum atomic E-state index is 5.85. The summed E-state index contributed by atoms with van der Waals surface area (Å²) in [5.74, 6) is 1.69. The van der Waals surface area contributed by atoms with E-state index in [1.165, 1.54) is 5.56 Å². The van der Waals surface area contributed by atoms with Crippen LogP contribution in [0.1, 0.15) is 31.9 Å². The van der Waals surface area contributed by atoms with E-state index in [9.17, 15) is 0 Å². The third kappa shape index (κ3) is 8.06. The zero-order valence-electron chi connectivity index (χ0n) is 17.3. The van der Waals surface area contributed by atoms with Gasteiger partial charge in [-0.2, -0.15) is 0 Å². The fourth-order valence-corrected chi connectivity index (χ4v) is 2.68. The molecule has 1 aromatic rings. The second kappa shape index (κ2) is 12.5. The summed E-state index contributed by atoms with van der Waals surface area (Å²) in [5.41, 5.74) is 2.28. The average Bonchev–Trinajstić information content (AvgIpc) is 2.62. The summed E-state index contributed by atoms with van der Waals surface area (Å²) in [6.45, 7) is 13.4. The number of aliphatic imine (C=N–C) groups is 1. The van der Waals surface area contributed by atoms with Gasteiger partial charge in [-0.1, -0.05) is 19.1 Å². The van der Waals surface area contributed by atoms with Gasteiger partial charge in [0, 0.05) is 45.4 Å². The van der Waals surface area contributed by atoms with E-state index in [0.29, 0.717) is 25.8 Å². The number of aryl methyl sites for hydroxylation is 1. The van der Waals surface area contributed by atoms with E-state index in [4.69, 9.17) is 9.47 Å². The minimum atomic E-state index is 0.544. The van der Waals surface area contributed by atoms with Crippen molar-refractivity contribution in [1.29, 1.82) is 0 Å². The van der Waals surface area contributed by atoms with Crippen molar-refractivity contribution in [3.63, 3.8) is 0 Å². The van der Waals surface area contributed by atoms with Crippen molar-refractivity contribution in [2.45, 2.75) is 40.3 Å². The predicted molar refractivity (Wildman–Crippen MR) is 109 cm³/mol. The lowest BCUT2D eigenvalue weighted by molar-refractivity contribution is 0.145. The van der Waals surface area contributed by atoms with Crippen molar-refractivity contribution in [2.75, 3.05) is 47.0 Å². The van der Waals surface area contributed by atoms with Crippen LogP contribution in [0.4, 0.5) is 0 Å². The lowest BCUT2D eigenvalue weighted by Crippen LogP contribution is -2.42. The van der Waals surface area contributed by atoms with Gasteiger partial charge < -0.3 is 20.1 Å². The van der Waals surface area contributed by atoms with Crippen LogP contribution >= 0.6 is 0 Å². The molecule has 6 nitrogen and oxygen atoms in total. The third-order valence-electron chi connectivity index (χ3n) is 4.27. The van der Waals surface area contributed by atoms with E-state index >= 15 is 0 Å². The highest BCUT2D eigenvalue weighted by Gasteiger charge is 2.08. The van der Waals surface area contributed by atoms with Crippen molar-refractivity contribution in [3.05, 3.63) is 29.3 Å². The summed E-state index contributed by atoms with van der Waals surface area (Å²) in [5, 5.41) is 6.74. The lowest BCUT2D eigenvalue weighted by atomic mass is 10.1. The highest BCUT2D eigenvalue weighted by molar-refractivity contribution is 5.79. The van der Waals surface area contributed by atoms with Gasteiger partial charge in [0.1, 0.15) is 12.4 Å². The van der Waals surface area contributed by atoms with Crippen molar-refractivity contribution in [3.8, 4) is 5.75 Å². The van der Waals surface area contributed by atoms with Crippen LogP contribution in [0.15, 0.2) is 23.2 Å². The van der Waals surface area contributed by atoms with Gasteiger partial charge in [0.05, 0.1) is 6.61 Å².